The lowest BCUT2D eigenvalue weighted by molar-refractivity contribution is 0.0660. The lowest BCUT2D eigenvalue weighted by atomic mass is 9.99. The van der Waals surface area contributed by atoms with Crippen LogP contribution in [-0.2, 0) is 6.42 Å². The summed E-state index contributed by atoms with van der Waals surface area (Å²) in [4.78, 5) is 4.70. The highest BCUT2D eigenvalue weighted by Crippen LogP contribution is 2.27. The standard InChI is InChI=1S/C30H37FN2O2/c1-21-17-30(24(4)23(3)22(21)2)35-20-29(34)19-32-13-15-33(16-14-32)28-11-7-26(8-12-28)18-25-5-9-27(31)10-6-25/h5-12,17,29,34H,13-16,18-20H2,1-4H3/t29-/m0/s1. The Hall–Kier alpha value is -2.89. The van der Waals surface area contributed by atoms with Crippen LogP contribution in [0.15, 0.2) is 54.6 Å². The van der Waals surface area contributed by atoms with Gasteiger partial charge in [-0.3, -0.25) is 4.90 Å². The highest BCUT2D eigenvalue weighted by molar-refractivity contribution is 5.49. The molecule has 0 saturated carbocycles. The fourth-order valence-electron chi connectivity index (χ4n) is 4.71. The van der Waals surface area contributed by atoms with Crippen molar-refractivity contribution >= 4 is 5.69 Å². The van der Waals surface area contributed by atoms with Crippen molar-refractivity contribution in [2.24, 2.45) is 0 Å². The zero-order valence-corrected chi connectivity index (χ0v) is 21.4. The van der Waals surface area contributed by atoms with Crippen LogP contribution in [0, 0.1) is 33.5 Å². The Labute approximate surface area is 209 Å². The van der Waals surface area contributed by atoms with Gasteiger partial charge >= 0.3 is 0 Å². The zero-order chi connectivity index (χ0) is 24.9. The van der Waals surface area contributed by atoms with E-state index in [0.29, 0.717) is 13.2 Å². The lowest BCUT2D eigenvalue weighted by Gasteiger charge is -2.37. The minimum atomic E-state index is -0.520. The number of anilines is 1. The van der Waals surface area contributed by atoms with Crippen LogP contribution in [0.3, 0.4) is 0 Å². The van der Waals surface area contributed by atoms with E-state index in [1.54, 1.807) is 0 Å². The van der Waals surface area contributed by atoms with Gasteiger partial charge in [0.25, 0.3) is 0 Å². The van der Waals surface area contributed by atoms with Crippen LogP contribution in [0.4, 0.5) is 10.1 Å². The molecule has 5 heteroatoms. The number of nitrogens with zero attached hydrogens (tertiary/aromatic N) is 2. The first-order chi connectivity index (χ1) is 16.8. The topological polar surface area (TPSA) is 35.9 Å². The van der Waals surface area contributed by atoms with Crippen molar-refractivity contribution in [3.05, 3.63) is 93.8 Å². The number of ether oxygens (including phenoxy) is 1. The Bertz CT molecular complexity index is 1120. The molecule has 3 aromatic rings. The molecular formula is C30H37FN2O2. The van der Waals surface area contributed by atoms with E-state index in [0.717, 1.165) is 49.5 Å². The summed E-state index contributed by atoms with van der Waals surface area (Å²) in [6, 6.07) is 17.4. The molecule has 1 fully saturated rings. The van der Waals surface area contributed by atoms with E-state index in [-0.39, 0.29) is 5.82 Å². The monoisotopic (exact) mass is 476 g/mol. The molecule has 4 rings (SSSR count). The molecule has 1 N–H and O–H groups in total. The minimum absolute atomic E-state index is 0.199. The van der Waals surface area contributed by atoms with E-state index in [2.05, 4.69) is 67.8 Å². The Morgan fingerprint density at radius 2 is 1.43 bits per heavy atom. The van der Waals surface area contributed by atoms with Gasteiger partial charge in [0.15, 0.2) is 0 Å². The molecule has 0 aromatic heterocycles. The van der Waals surface area contributed by atoms with Gasteiger partial charge in [-0.1, -0.05) is 24.3 Å². The van der Waals surface area contributed by atoms with Crippen LogP contribution >= 0.6 is 0 Å². The second-order valence-electron chi connectivity index (χ2n) is 9.79. The van der Waals surface area contributed by atoms with Gasteiger partial charge in [-0.2, -0.15) is 0 Å². The molecule has 0 radical (unpaired) electrons. The number of benzene rings is 3. The van der Waals surface area contributed by atoms with Gasteiger partial charge in [-0.25, -0.2) is 4.39 Å². The maximum absolute atomic E-state index is 13.1. The van der Waals surface area contributed by atoms with E-state index in [1.807, 2.05) is 12.1 Å². The predicted molar refractivity (Wildman–Crippen MR) is 141 cm³/mol. The smallest absolute Gasteiger partial charge is 0.123 e. The van der Waals surface area contributed by atoms with E-state index in [9.17, 15) is 9.50 Å². The van der Waals surface area contributed by atoms with E-state index >= 15 is 0 Å². The molecule has 0 unspecified atom stereocenters. The van der Waals surface area contributed by atoms with Crippen LogP contribution < -0.4 is 9.64 Å². The summed E-state index contributed by atoms with van der Waals surface area (Å²) in [5.74, 6) is 0.673. The lowest BCUT2D eigenvalue weighted by Crippen LogP contribution is -2.49. The van der Waals surface area contributed by atoms with E-state index in [4.69, 9.17) is 4.74 Å². The van der Waals surface area contributed by atoms with Crippen LogP contribution in [0.25, 0.3) is 0 Å². The Morgan fingerprint density at radius 3 is 2.06 bits per heavy atom. The fraction of sp³-hybridized carbons (Fsp3) is 0.400. The second kappa shape index (κ2) is 11.2. The largest absolute Gasteiger partial charge is 0.491 e. The number of aliphatic hydroxyl groups is 1. The molecule has 0 bridgehead atoms. The number of piperazine rings is 1. The molecule has 186 valence electrons. The van der Waals surface area contributed by atoms with Crippen LogP contribution in [0.2, 0.25) is 0 Å². The van der Waals surface area contributed by atoms with Gasteiger partial charge in [0, 0.05) is 38.4 Å². The quantitative estimate of drug-likeness (QED) is 0.484. The summed E-state index contributed by atoms with van der Waals surface area (Å²) in [6.07, 6.45) is 0.281. The van der Waals surface area contributed by atoms with Crippen molar-refractivity contribution in [2.75, 3.05) is 44.2 Å². The van der Waals surface area contributed by atoms with E-state index < -0.39 is 6.10 Å². The number of hydrogen-bond acceptors (Lipinski definition) is 4. The first-order valence-corrected chi connectivity index (χ1v) is 12.5. The maximum atomic E-state index is 13.1. The molecule has 1 aliphatic heterocycles. The van der Waals surface area contributed by atoms with Crippen LogP contribution in [0.1, 0.15) is 33.4 Å². The summed E-state index contributed by atoms with van der Waals surface area (Å²) in [5.41, 5.74) is 8.48. The molecule has 0 amide bonds. The van der Waals surface area contributed by atoms with Gasteiger partial charge in [0.05, 0.1) is 0 Å². The third-order valence-electron chi connectivity index (χ3n) is 7.33. The number of hydrogen-bond donors (Lipinski definition) is 1. The van der Waals surface area contributed by atoms with Crippen LogP contribution in [-0.4, -0.2) is 55.4 Å². The number of aryl methyl sites for hydroxylation is 1. The zero-order valence-electron chi connectivity index (χ0n) is 21.4. The molecule has 1 atom stereocenters. The first-order valence-electron chi connectivity index (χ1n) is 12.5. The average Bonchev–Trinajstić information content (AvgIpc) is 2.86. The highest BCUT2D eigenvalue weighted by Gasteiger charge is 2.20. The molecule has 1 heterocycles. The summed E-state index contributed by atoms with van der Waals surface area (Å²) < 4.78 is 19.1. The van der Waals surface area contributed by atoms with Gasteiger partial charge in [-0.15, -0.1) is 0 Å². The van der Waals surface area contributed by atoms with Crippen molar-refractivity contribution in [1.29, 1.82) is 0 Å². The fourth-order valence-corrected chi connectivity index (χ4v) is 4.71. The Morgan fingerprint density at radius 1 is 0.829 bits per heavy atom. The summed E-state index contributed by atoms with van der Waals surface area (Å²) >= 11 is 0. The SMILES string of the molecule is Cc1cc(OC[C@@H](O)CN2CCN(c3ccc(Cc4ccc(F)cc4)cc3)CC2)c(C)c(C)c1C. The third-order valence-corrected chi connectivity index (χ3v) is 7.33. The second-order valence-corrected chi connectivity index (χ2v) is 9.79. The average molecular weight is 477 g/mol. The Balaban J connectivity index is 1.23. The molecular weight excluding hydrogens is 439 g/mol. The molecule has 3 aromatic carbocycles. The molecule has 1 aliphatic rings. The summed E-state index contributed by atoms with van der Waals surface area (Å²) in [5, 5.41) is 10.6. The van der Waals surface area contributed by atoms with Crippen molar-refractivity contribution in [2.45, 2.75) is 40.2 Å². The summed E-state index contributed by atoms with van der Waals surface area (Å²) in [6.45, 7) is 13.1. The van der Waals surface area contributed by atoms with Gasteiger partial charge in [0.1, 0.15) is 24.3 Å². The number of β-amino-alcohol motifs (C(OH)–C–C–N with tert-alkyl or cyclic N) is 1. The highest BCUT2D eigenvalue weighted by atomic mass is 19.1. The Kier molecular flexibility index (Phi) is 8.09. The normalized spacial score (nSPS) is 15.3. The van der Waals surface area contributed by atoms with Crippen LogP contribution in [0.5, 0.6) is 5.75 Å². The van der Waals surface area contributed by atoms with Crippen molar-refractivity contribution in [3.8, 4) is 5.75 Å². The molecule has 1 saturated heterocycles. The maximum Gasteiger partial charge on any atom is 0.123 e. The minimum Gasteiger partial charge on any atom is -0.491 e. The van der Waals surface area contributed by atoms with Crippen molar-refractivity contribution in [3.63, 3.8) is 0 Å². The predicted octanol–water partition coefficient (Wildman–Crippen LogP) is 5.21. The molecule has 4 nitrogen and oxygen atoms in total. The van der Waals surface area contributed by atoms with Gasteiger partial charge < -0.3 is 14.7 Å². The first kappa shape index (κ1) is 25.2. The van der Waals surface area contributed by atoms with Crippen molar-refractivity contribution in [1.82, 2.24) is 4.90 Å². The molecule has 35 heavy (non-hydrogen) atoms. The summed E-state index contributed by atoms with van der Waals surface area (Å²) in [7, 11) is 0. The molecule has 0 aliphatic carbocycles. The number of rotatable bonds is 8. The third kappa shape index (κ3) is 6.41. The van der Waals surface area contributed by atoms with Crippen molar-refractivity contribution < 1.29 is 14.2 Å². The number of halogens is 1. The van der Waals surface area contributed by atoms with Gasteiger partial charge in [-0.05, 0) is 97.8 Å². The molecule has 0 spiro atoms. The van der Waals surface area contributed by atoms with E-state index in [1.165, 1.54) is 40.1 Å². The number of aliphatic hydroxyl groups excluding tert-OH is 1. The van der Waals surface area contributed by atoms with Gasteiger partial charge in [0.2, 0.25) is 0 Å².